The molecule has 134 valence electrons. The molecule has 0 saturated carbocycles. The Morgan fingerprint density at radius 1 is 1.28 bits per heavy atom. The fourth-order valence-electron chi connectivity index (χ4n) is 2.14. The molecule has 0 spiro atoms. The molecule has 0 heterocycles. The molecule has 0 amide bonds. The number of nitrogens with two attached hydrogens (primary N) is 1. The summed E-state index contributed by atoms with van der Waals surface area (Å²) in [7, 11) is -2.50. The Labute approximate surface area is 152 Å². The second kappa shape index (κ2) is 7.56. The lowest BCUT2D eigenvalue weighted by Gasteiger charge is -2.21. The van der Waals surface area contributed by atoms with E-state index in [2.05, 4.69) is 15.9 Å². The lowest BCUT2D eigenvalue weighted by atomic mass is 10.1. The van der Waals surface area contributed by atoms with Gasteiger partial charge in [-0.15, -0.1) is 0 Å². The van der Waals surface area contributed by atoms with Gasteiger partial charge >= 0.3 is 0 Å². The second-order valence-electron chi connectivity index (χ2n) is 5.32. The highest BCUT2D eigenvalue weighted by molar-refractivity contribution is 9.10. The van der Waals surface area contributed by atoms with Crippen molar-refractivity contribution in [2.24, 2.45) is 5.73 Å². The molecule has 0 fully saturated rings. The number of nitro groups is 1. The van der Waals surface area contributed by atoms with E-state index in [1.54, 1.807) is 0 Å². The molecule has 0 unspecified atom stereocenters. The highest BCUT2D eigenvalue weighted by Gasteiger charge is 2.24. The van der Waals surface area contributed by atoms with Gasteiger partial charge in [-0.25, -0.2) is 12.8 Å². The van der Waals surface area contributed by atoms with E-state index in [-0.39, 0.29) is 21.6 Å². The molecule has 10 heteroatoms. The van der Waals surface area contributed by atoms with Gasteiger partial charge in [0, 0.05) is 31.8 Å². The van der Waals surface area contributed by atoms with Crippen LogP contribution in [0.4, 0.5) is 10.1 Å². The topological polar surface area (TPSA) is 107 Å². The minimum atomic E-state index is -3.86. The Morgan fingerprint density at radius 2 is 1.88 bits per heavy atom. The highest BCUT2D eigenvalue weighted by Crippen LogP contribution is 2.23. The number of halogens is 2. The summed E-state index contributed by atoms with van der Waals surface area (Å²) in [5.41, 5.74) is 6.38. The van der Waals surface area contributed by atoms with Gasteiger partial charge in [0.2, 0.25) is 10.0 Å². The van der Waals surface area contributed by atoms with Crippen molar-refractivity contribution in [2.45, 2.75) is 10.9 Å². The molecular formula is C15H15BrFN3O4S. The van der Waals surface area contributed by atoms with Gasteiger partial charge in [0.05, 0.1) is 14.3 Å². The van der Waals surface area contributed by atoms with Crippen LogP contribution in [-0.2, 0) is 10.0 Å². The fourth-order valence-corrected chi connectivity index (χ4v) is 3.74. The van der Waals surface area contributed by atoms with E-state index in [0.29, 0.717) is 5.56 Å². The van der Waals surface area contributed by atoms with Crippen LogP contribution < -0.4 is 5.73 Å². The third-order valence-electron chi connectivity index (χ3n) is 3.58. The summed E-state index contributed by atoms with van der Waals surface area (Å²) in [6.07, 6.45) is 0. The van der Waals surface area contributed by atoms with Crippen molar-refractivity contribution < 1.29 is 17.7 Å². The Morgan fingerprint density at radius 3 is 2.40 bits per heavy atom. The quantitative estimate of drug-likeness (QED) is 0.558. The van der Waals surface area contributed by atoms with Crippen molar-refractivity contribution in [3.8, 4) is 0 Å². The van der Waals surface area contributed by atoms with Crippen molar-refractivity contribution in [3.63, 3.8) is 0 Å². The minimum Gasteiger partial charge on any atom is -0.323 e. The van der Waals surface area contributed by atoms with E-state index in [4.69, 9.17) is 5.73 Å². The summed E-state index contributed by atoms with van der Waals surface area (Å²) in [6.45, 7) is -0.0443. The predicted octanol–water partition coefficient (Wildman–Crippen LogP) is 2.82. The van der Waals surface area contributed by atoms with E-state index in [1.807, 2.05) is 0 Å². The smallest absolute Gasteiger partial charge is 0.269 e. The summed E-state index contributed by atoms with van der Waals surface area (Å²) < 4.78 is 39.6. The fraction of sp³-hybridized carbons (Fsp3) is 0.200. The zero-order chi connectivity index (χ0) is 18.8. The summed E-state index contributed by atoms with van der Waals surface area (Å²) in [4.78, 5) is 9.96. The van der Waals surface area contributed by atoms with Crippen molar-refractivity contribution in [1.29, 1.82) is 0 Å². The van der Waals surface area contributed by atoms with Crippen LogP contribution in [-0.4, -0.2) is 31.2 Å². The van der Waals surface area contributed by atoms with Gasteiger partial charge in [0.15, 0.2) is 0 Å². The molecule has 0 radical (unpaired) electrons. The van der Waals surface area contributed by atoms with E-state index in [0.717, 1.165) is 16.4 Å². The summed E-state index contributed by atoms with van der Waals surface area (Å²) in [5.74, 6) is -0.442. The van der Waals surface area contributed by atoms with Crippen molar-refractivity contribution >= 4 is 31.6 Å². The van der Waals surface area contributed by atoms with Gasteiger partial charge < -0.3 is 5.73 Å². The predicted molar refractivity (Wildman–Crippen MR) is 93.9 cm³/mol. The van der Waals surface area contributed by atoms with Crippen LogP contribution in [0.15, 0.2) is 51.8 Å². The van der Waals surface area contributed by atoms with Crippen LogP contribution in [0.3, 0.4) is 0 Å². The lowest BCUT2D eigenvalue weighted by Crippen LogP contribution is -2.34. The number of sulfonamides is 1. The van der Waals surface area contributed by atoms with Crippen LogP contribution in [0.25, 0.3) is 0 Å². The minimum absolute atomic E-state index is 0.0443. The molecule has 0 aliphatic carbocycles. The number of rotatable bonds is 6. The maximum atomic E-state index is 13.3. The van der Waals surface area contributed by atoms with Crippen LogP contribution >= 0.6 is 15.9 Å². The monoisotopic (exact) mass is 431 g/mol. The normalized spacial score (nSPS) is 13.0. The van der Waals surface area contributed by atoms with Gasteiger partial charge in [0.25, 0.3) is 5.69 Å². The Hall–Kier alpha value is -1.88. The molecule has 2 N–H and O–H groups in total. The second-order valence-corrected chi connectivity index (χ2v) is 8.22. The van der Waals surface area contributed by atoms with Gasteiger partial charge in [-0.1, -0.05) is 6.07 Å². The zero-order valence-electron chi connectivity index (χ0n) is 13.1. The number of nitrogens with zero attached hydrogens (tertiary/aromatic N) is 2. The number of benzene rings is 2. The third kappa shape index (κ3) is 4.40. The lowest BCUT2D eigenvalue weighted by molar-refractivity contribution is -0.384. The molecule has 0 bridgehead atoms. The molecule has 25 heavy (non-hydrogen) atoms. The van der Waals surface area contributed by atoms with Gasteiger partial charge in [-0.3, -0.25) is 10.1 Å². The highest BCUT2D eigenvalue weighted by atomic mass is 79.9. The molecule has 7 nitrogen and oxygen atoms in total. The number of hydrogen-bond acceptors (Lipinski definition) is 5. The average Bonchev–Trinajstić information content (AvgIpc) is 2.57. The molecule has 0 aliphatic heterocycles. The van der Waals surface area contributed by atoms with Crippen molar-refractivity contribution in [3.05, 3.63) is 68.4 Å². The van der Waals surface area contributed by atoms with Crippen LogP contribution in [0.1, 0.15) is 11.6 Å². The van der Waals surface area contributed by atoms with Gasteiger partial charge in [-0.05, 0) is 45.8 Å². The van der Waals surface area contributed by atoms with E-state index in [1.165, 1.54) is 37.4 Å². The molecule has 0 aliphatic rings. The standard InChI is InChI=1S/C15H15BrFN3O4S/c1-19(9-15(18)10-2-7-14(17)13(16)8-10)25(23,24)12-5-3-11(4-6-12)20(21)22/h2-8,15H,9,18H2,1H3/t15-/m0/s1. The molecule has 0 aromatic heterocycles. The summed E-state index contributed by atoms with van der Waals surface area (Å²) in [5, 5.41) is 10.6. The number of hydrogen-bond donors (Lipinski definition) is 1. The SMILES string of the molecule is CN(C[C@H](N)c1ccc(F)c(Br)c1)S(=O)(=O)c1ccc([N+](=O)[O-])cc1. The first-order valence-corrected chi connectivity index (χ1v) is 9.27. The summed E-state index contributed by atoms with van der Waals surface area (Å²) in [6, 6.07) is 8.13. The third-order valence-corrected chi connectivity index (χ3v) is 6.03. The molecule has 2 aromatic rings. The molecule has 2 rings (SSSR count). The molecule has 0 saturated heterocycles. The first kappa shape index (κ1) is 19.4. The van der Waals surface area contributed by atoms with Crippen LogP contribution in [0.2, 0.25) is 0 Å². The van der Waals surface area contributed by atoms with E-state index < -0.39 is 26.8 Å². The number of non-ortho nitro benzene ring substituents is 1. The maximum absolute atomic E-state index is 13.3. The molecular weight excluding hydrogens is 417 g/mol. The number of likely N-dealkylation sites (N-methyl/N-ethyl adjacent to an activating group) is 1. The van der Waals surface area contributed by atoms with Gasteiger partial charge in [0.1, 0.15) is 5.82 Å². The Balaban J connectivity index is 2.18. The zero-order valence-corrected chi connectivity index (χ0v) is 15.5. The first-order chi connectivity index (χ1) is 11.6. The Kier molecular flexibility index (Phi) is 5.88. The summed E-state index contributed by atoms with van der Waals surface area (Å²) >= 11 is 3.06. The largest absolute Gasteiger partial charge is 0.323 e. The van der Waals surface area contributed by atoms with E-state index >= 15 is 0 Å². The van der Waals surface area contributed by atoms with Crippen molar-refractivity contribution in [2.75, 3.05) is 13.6 Å². The van der Waals surface area contributed by atoms with E-state index in [9.17, 15) is 22.9 Å². The molecule has 2 aromatic carbocycles. The van der Waals surface area contributed by atoms with Crippen molar-refractivity contribution in [1.82, 2.24) is 4.31 Å². The Bertz CT molecular complexity index is 890. The average molecular weight is 432 g/mol. The molecule has 1 atom stereocenters. The van der Waals surface area contributed by atoms with Crippen LogP contribution in [0.5, 0.6) is 0 Å². The van der Waals surface area contributed by atoms with Crippen LogP contribution in [0, 0.1) is 15.9 Å². The number of nitro benzene ring substituents is 1. The maximum Gasteiger partial charge on any atom is 0.269 e. The first-order valence-electron chi connectivity index (χ1n) is 7.04. The van der Waals surface area contributed by atoms with Gasteiger partial charge in [-0.2, -0.15) is 4.31 Å².